The Morgan fingerprint density at radius 1 is 0.833 bits per heavy atom. The molecule has 5 atom stereocenters. The van der Waals surface area contributed by atoms with Crippen molar-refractivity contribution in [1.82, 2.24) is 0 Å². The second kappa shape index (κ2) is 9.19. The summed E-state index contributed by atoms with van der Waals surface area (Å²) in [4.78, 5) is 34.9. The summed E-state index contributed by atoms with van der Waals surface area (Å²) in [6.07, 6.45) is -0.961. The van der Waals surface area contributed by atoms with Gasteiger partial charge < -0.3 is 24.4 Å². The molecule has 0 amide bonds. The Labute approximate surface area is 139 Å². The molecule has 2 N–H and O–H groups in total. The van der Waals surface area contributed by atoms with Crippen LogP contribution in [0.25, 0.3) is 0 Å². The molecule has 1 heterocycles. The first-order valence-electron chi connectivity index (χ1n) is 7.52. The molecule has 24 heavy (non-hydrogen) atoms. The number of hydrogen-bond acceptors (Lipinski definition) is 8. The Balaban J connectivity index is 2.91. The van der Waals surface area contributed by atoms with Gasteiger partial charge in [-0.15, -0.1) is 0 Å². The molecule has 0 aromatic rings. The van der Waals surface area contributed by atoms with E-state index in [0.717, 1.165) is 24.3 Å². The van der Waals surface area contributed by atoms with Crippen LogP contribution in [0.2, 0.25) is 0 Å². The van der Waals surface area contributed by atoms with Gasteiger partial charge in [0.1, 0.15) is 30.5 Å². The number of carbonyl (C=O) groups excluding carboxylic acids is 3. The van der Waals surface area contributed by atoms with Crippen molar-refractivity contribution in [2.24, 2.45) is 0 Å². The summed E-state index contributed by atoms with van der Waals surface area (Å²) in [5, 5.41) is 19.6. The van der Waals surface area contributed by atoms with Crippen LogP contribution in [0.1, 0.15) is 27.2 Å². The van der Waals surface area contributed by atoms with Crippen LogP contribution in [-0.4, -0.2) is 58.6 Å². The summed E-state index contributed by atoms with van der Waals surface area (Å²) in [6.45, 7) is 4.41. The molecule has 0 aromatic heterocycles. The quantitative estimate of drug-likeness (QED) is 0.467. The van der Waals surface area contributed by atoms with Gasteiger partial charge in [-0.25, -0.2) is 9.59 Å². The Bertz CT molecular complexity index is 524. The van der Waals surface area contributed by atoms with Crippen molar-refractivity contribution >= 4 is 17.9 Å². The monoisotopic (exact) mass is 342 g/mol. The van der Waals surface area contributed by atoms with Gasteiger partial charge in [0.2, 0.25) is 0 Å². The fourth-order valence-electron chi connectivity index (χ4n) is 1.80. The highest BCUT2D eigenvalue weighted by Gasteiger charge is 2.21. The van der Waals surface area contributed by atoms with Crippen LogP contribution in [0, 0.1) is 0 Å². The van der Waals surface area contributed by atoms with Gasteiger partial charge in [0.05, 0.1) is 6.42 Å². The van der Waals surface area contributed by atoms with E-state index >= 15 is 0 Å². The highest BCUT2D eigenvalue weighted by atomic mass is 16.6. The average Bonchev–Trinajstić information content (AvgIpc) is 2.48. The molecule has 0 saturated carbocycles. The van der Waals surface area contributed by atoms with Gasteiger partial charge in [-0.2, -0.15) is 0 Å². The molecular formula is C16H22O8. The molecule has 0 spiro atoms. The molecule has 0 saturated heterocycles. The van der Waals surface area contributed by atoms with Crippen molar-refractivity contribution in [3.05, 3.63) is 24.3 Å². The SMILES string of the molecule is C[C@@H]1CC(=O)O[C@@H](C)[C@H](O)/C=C/C(=O)O[C@H](C)[C@H](O)/C=C/C(=O)O1. The summed E-state index contributed by atoms with van der Waals surface area (Å²) < 4.78 is 14.9. The zero-order valence-electron chi connectivity index (χ0n) is 13.7. The predicted molar refractivity (Wildman–Crippen MR) is 81.6 cm³/mol. The number of hydrogen-bond donors (Lipinski definition) is 2. The number of rotatable bonds is 0. The van der Waals surface area contributed by atoms with Crippen molar-refractivity contribution in [2.45, 2.75) is 57.7 Å². The van der Waals surface area contributed by atoms with Gasteiger partial charge in [0.25, 0.3) is 0 Å². The lowest BCUT2D eigenvalue weighted by atomic mass is 10.2. The van der Waals surface area contributed by atoms with Crippen LogP contribution < -0.4 is 0 Å². The van der Waals surface area contributed by atoms with Gasteiger partial charge >= 0.3 is 17.9 Å². The molecule has 1 aliphatic rings. The normalized spacial score (nSPS) is 36.2. The van der Waals surface area contributed by atoms with E-state index in [4.69, 9.17) is 14.2 Å². The molecular weight excluding hydrogens is 320 g/mol. The number of ether oxygens (including phenoxy) is 3. The lowest BCUT2D eigenvalue weighted by molar-refractivity contribution is -0.157. The Morgan fingerprint density at radius 3 is 1.83 bits per heavy atom. The van der Waals surface area contributed by atoms with Gasteiger partial charge in [-0.1, -0.05) is 0 Å². The Hall–Kier alpha value is -2.19. The maximum Gasteiger partial charge on any atom is 0.330 e. The van der Waals surface area contributed by atoms with Crippen LogP contribution in [0.5, 0.6) is 0 Å². The van der Waals surface area contributed by atoms with Crippen molar-refractivity contribution in [2.75, 3.05) is 0 Å². The third kappa shape index (κ3) is 6.93. The van der Waals surface area contributed by atoms with E-state index < -0.39 is 48.4 Å². The lowest BCUT2D eigenvalue weighted by Gasteiger charge is -2.19. The maximum atomic E-state index is 11.7. The smallest absolute Gasteiger partial charge is 0.330 e. The van der Waals surface area contributed by atoms with E-state index in [1.54, 1.807) is 0 Å². The summed E-state index contributed by atoms with van der Waals surface area (Å²) in [5.74, 6) is -2.22. The van der Waals surface area contributed by atoms with Crippen molar-refractivity contribution < 1.29 is 38.8 Å². The fraction of sp³-hybridized carbons (Fsp3) is 0.562. The van der Waals surface area contributed by atoms with E-state index in [2.05, 4.69) is 0 Å². The van der Waals surface area contributed by atoms with Crippen LogP contribution in [0.4, 0.5) is 0 Å². The summed E-state index contributed by atoms with van der Waals surface area (Å²) >= 11 is 0. The first-order chi connectivity index (χ1) is 11.2. The molecule has 8 heteroatoms. The van der Waals surface area contributed by atoms with Crippen LogP contribution >= 0.6 is 0 Å². The highest BCUT2D eigenvalue weighted by Crippen LogP contribution is 2.08. The van der Waals surface area contributed by atoms with Crippen LogP contribution in [0.15, 0.2) is 24.3 Å². The number of cyclic esters (lactones) is 3. The maximum absolute atomic E-state index is 11.7. The zero-order chi connectivity index (χ0) is 18.3. The molecule has 0 radical (unpaired) electrons. The molecule has 0 aromatic carbocycles. The second-order valence-electron chi connectivity index (χ2n) is 5.49. The second-order valence-corrected chi connectivity index (χ2v) is 5.49. The zero-order valence-corrected chi connectivity index (χ0v) is 13.7. The first kappa shape index (κ1) is 19.9. The molecule has 0 unspecified atom stereocenters. The summed E-state index contributed by atoms with van der Waals surface area (Å²) in [6, 6.07) is 0. The minimum atomic E-state index is -1.22. The van der Waals surface area contributed by atoms with Crippen molar-refractivity contribution in [1.29, 1.82) is 0 Å². The van der Waals surface area contributed by atoms with Crippen molar-refractivity contribution in [3.63, 3.8) is 0 Å². The van der Waals surface area contributed by atoms with Gasteiger partial charge in [0.15, 0.2) is 0 Å². The Morgan fingerprint density at radius 2 is 1.29 bits per heavy atom. The third-order valence-electron chi connectivity index (χ3n) is 3.21. The third-order valence-corrected chi connectivity index (χ3v) is 3.21. The minimum absolute atomic E-state index is 0.193. The number of aliphatic hydroxyl groups is 2. The topological polar surface area (TPSA) is 119 Å². The van der Waals surface area contributed by atoms with E-state index in [9.17, 15) is 24.6 Å². The average molecular weight is 342 g/mol. The summed E-state index contributed by atoms with van der Waals surface area (Å²) in [5.41, 5.74) is 0. The van der Waals surface area contributed by atoms with E-state index in [1.807, 2.05) is 0 Å². The minimum Gasteiger partial charge on any atom is -0.459 e. The number of aliphatic hydroxyl groups excluding tert-OH is 2. The molecule has 1 aliphatic heterocycles. The molecule has 0 bridgehead atoms. The van der Waals surface area contributed by atoms with Crippen molar-refractivity contribution in [3.8, 4) is 0 Å². The van der Waals surface area contributed by atoms with Gasteiger partial charge in [-0.3, -0.25) is 4.79 Å². The molecule has 1 rings (SSSR count). The molecule has 0 aliphatic carbocycles. The Kier molecular flexibility index (Phi) is 7.60. The summed E-state index contributed by atoms with van der Waals surface area (Å²) in [7, 11) is 0. The van der Waals surface area contributed by atoms with Gasteiger partial charge in [-0.05, 0) is 32.9 Å². The van der Waals surface area contributed by atoms with E-state index in [0.29, 0.717) is 0 Å². The lowest BCUT2D eigenvalue weighted by Crippen LogP contribution is -2.30. The number of esters is 3. The highest BCUT2D eigenvalue weighted by molar-refractivity contribution is 5.83. The fourth-order valence-corrected chi connectivity index (χ4v) is 1.80. The largest absolute Gasteiger partial charge is 0.459 e. The van der Waals surface area contributed by atoms with Crippen LogP contribution in [0.3, 0.4) is 0 Å². The standard InChI is InChI=1S/C16H22O8/c1-9-8-16(21)24-11(3)13(18)5-7-15(20)23-10(2)12(17)4-6-14(19)22-9/h4-7,9-13,17-18H,8H2,1-3H3/b6-4+,7-5+/t9-,10-,11+,12-,13-/m1/s1. The first-order valence-corrected chi connectivity index (χ1v) is 7.52. The van der Waals surface area contributed by atoms with E-state index in [1.165, 1.54) is 20.8 Å². The van der Waals surface area contributed by atoms with E-state index in [-0.39, 0.29) is 6.42 Å². The molecule has 0 fully saturated rings. The number of carbonyl (C=O) groups is 3. The van der Waals surface area contributed by atoms with Crippen LogP contribution in [-0.2, 0) is 28.6 Å². The predicted octanol–water partition coefficient (Wildman–Crippen LogP) is 0.0194. The molecule has 8 nitrogen and oxygen atoms in total. The van der Waals surface area contributed by atoms with Gasteiger partial charge in [0, 0.05) is 12.2 Å². The molecule has 134 valence electrons.